The summed E-state index contributed by atoms with van der Waals surface area (Å²) >= 11 is 1.27. The largest absolute Gasteiger partial charge is 0.490 e. The first-order valence-corrected chi connectivity index (χ1v) is 24.8. The zero-order valence-corrected chi connectivity index (χ0v) is 44.9. The number of carboxylic acids is 6. The average molecular weight is 1260 g/mol. The second-order valence-corrected chi connectivity index (χ2v) is 17.5. The molecule has 7 amide bonds. The van der Waals surface area contributed by atoms with Crippen LogP contribution in [0.5, 0.6) is 0 Å². The number of hydrogen-bond acceptors (Lipinski definition) is 17. The molecule has 0 fully saturated rings. The van der Waals surface area contributed by atoms with Gasteiger partial charge in [0.05, 0.1) is 6.04 Å². The minimum Gasteiger partial charge on any atom is -0.481 e. The lowest BCUT2D eigenvalue weighted by atomic mass is 10.0. The maximum Gasteiger partial charge on any atom is 0.490 e. The summed E-state index contributed by atoms with van der Waals surface area (Å²) < 4.78 is 95.2. The van der Waals surface area contributed by atoms with Gasteiger partial charge < -0.3 is 96.1 Å². The molecule has 482 valence electrons. The number of carbonyl (C=O) groups excluding carboxylic acids is 7. The molecule has 0 heterocycles. The Morgan fingerprint density at radius 3 is 1.00 bits per heavy atom. The fourth-order valence-corrected chi connectivity index (χ4v) is 5.82. The Labute approximate surface area is 472 Å². The molecule has 0 saturated heterocycles. The Balaban J connectivity index is -0.00000127. The second kappa shape index (κ2) is 41.3. The van der Waals surface area contributed by atoms with E-state index in [1.807, 2.05) is 0 Å². The van der Waals surface area contributed by atoms with Crippen LogP contribution < -0.4 is 65.5 Å². The van der Waals surface area contributed by atoms with E-state index in [4.69, 9.17) is 68.6 Å². The van der Waals surface area contributed by atoms with Crippen LogP contribution in [0.15, 0.2) is 0 Å². The Hall–Kier alpha value is -8.67. The summed E-state index contributed by atoms with van der Waals surface area (Å²) in [6.07, 6.45) is -16.3. The van der Waals surface area contributed by atoms with E-state index in [0.717, 1.165) is 0 Å². The van der Waals surface area contributed by atoms with Crippen molar-refractivity contribution in [3.8, 4) is 0 Å². The van der Waals surface area contributed by atoms with Crippen molar-refractivity contribution in [3.05, 3.63) is 0 Å². The fraction of sp³-hybridized carbons (Fsp3) is 0.634. The Kier molecular flexibility index (Phi) is 40.3. The molecule has 0 rings (SSSR count). The lowest BCUT2D eigenvalue weighted by Crippen LogP contribution is -2.60. The summed E-state index contributed by atoms with van der Waals surface area (Å²) in [6.45, 7) is 1.34. The molecule has 43 heteroatoms. The van der Waals surface area contributed by atoms with Gasteiger partial charge in [-0.15, -0.1) is 0 Å². The van der Waals surface area contributed by atoms with Crippen LogP contribution in [0.4, 0.5) is 39.5 Å². The molecule has 0 aromatic carbocycles. The van der Waals surface area contributed by atoms with Gasteiger partial charge in [0.1, 0.15) is 36.3 Å². The molecule has 0 aromatic heterocycles. The van der Waals surface area contributed by atoms with E-state index >= 15 is 0 Å². The van der Waals surface area contributed by atoms with Gasteiger partial charge in [0, 0.05) is 32.4 Å². The first-order chi connectivity index (χ1) is 38.3. The summed E-state index contributed by atoms with van der Waals surface area (Å²) in [4.78, 5) is 153. The number of aliphatic carboxylic acids is 6. The molecule has 0 radical (unpaired) electrons. The Morgan fingerprint density at radius 2 is 0.726 bits per heavy atom. The number of primary amides is 1. The van der Waals surface area contributed by atoms with Crippen molar-refractivity contribution in [1.82, 2.24) is 42.5 Å². The normalized spacial score (nSPS) is 13.3. The van der Waals surface area contributed by atoms with Gasteiger partial charge in [-0.05, 0) is 70.3 Å². The number of guanidine groups is 2. The number of nitrogens with one attached hydrogen (secondary N) is 10. The summed E-state index contributed by atoms with van der Waals surface area (Å²) in [5.74, 6) is -19.4. The third-order valence-electron chi connectivity index (χ3n) is 9.53. The van der Waals surface area contributed by atoms with Crippen molar-refractivity contribution in [2.45, 2.75) is 138 Å². The predicted octanol–water partition coefficient (Wildman–Crippen LogP) is -3.50. The van der Waals surface area contributed by atoms with E-state index in [1.165, 1.54) is 18.7 Å². The summed E-state index contributed by atoms with van der Waals surface area (Å²) in [7, 11) is 0. The maximum atomic E-state index is 13.9. The van der Waals surface area contributed by atoms with Crippen LogP contribution in [0.25, 0.3) is 0 Å². The van der Waals surface area contributed by atoms with Crippen LogP contribution in [0.1, 0.15) is 77.6 Å². The molecule has 33 nitrogen and oxygen atoms in total. The molecule has 0 aromatic rings. The molecule has 84 heavy (non-hydrogen) atoms. The van der Waals surface area contributed by atoms with Crippen molar-refractivity contribution >= 4 is 101 Å². The zero-order valence-electron chi connectivity index (χ0n) is 44.1. The predicted molar refractivity (Wildman–Crippen MR) is 267 cm³/mol. The monoisotopic (exact) mass is 1260 g/mol. The van der Waals surface area contributed by atoms with Crippen LogP contribution in [-0.4, -0.2) is 206 Å². The van der Waals surface area contributed by atoms with Gasteiger partial charge in [0.25, 0.3) is 0 Å². The standard InChI is InChI=1S/C35H62N14O13S.3C2HF3O2/c1-17(33(61)62)44-28(56)19(5-3-14-42-34(38)39)46-29(57)20(6-4-15-43-35(40)41)47-30(58)21(8-10-24(37)50)48-32(60)23(13-16-63-2)49-31(59)22(9-12-26(53)54)45-27(55)18(36)7-11-25(51)52;3*3-2(4,5)1(6)7/h17-23H,3-16,36H2,1-2H3,(H2,37,50)(H,44,56)(H,45,55)(H,46,57)(H,47,58)(H,48,60)(H,49,59)(H,51,52)(H,53,54)(H,61,62)(H4,38,39,42)(H4,40,41,43);3*(H,6,7)/t17-,18-,19-,20-,21-,22-,23-;;;/m0.../s1. The molecule has 0 aliphatic rings. The summed E-state index contributed by atoms with van der Waals surface area (Å²) in [5.41, 5.74) is 21.8. The summed E-state index contributed by atoms with van der Waals surface area (Å²) in [5, 5.41) is 83.1. The zero-order chi connectivity index (χ0) is 66.5. The number of hydrogen-bond donors (Lipinski definition) is 20. The number of alkyl halides is 9. The number of carboxylic acid groups (broad SMARTS) is 6. The quantitative estimate of drug-likeness (QED) is 0.0131. The lowest BCUT2D eigenvalue weighted by Gasteiger charge is -2.27. The molecule has 7 atom stereocenters. The number of thioether (sulfide) groups is 1. The minimum atomic E-state index is -5.08. The first kappa shape index (κ1) is 81.8. The van der Waals surface area contributed by atoms with Crippen LogP contribution in [0, 0.1) is 10.8 Å². The molecule has 0 bridgehead atoms. The third kappa shape index (κ3) is 43.1. The van der Waals surface area contributed by atoms with Gasteiger partial charge in [0.2, 0.25) is 41.4 Å². The van der Waals surface area contributed by atoms with E-state index in [-0.39, 0.29) is 63.3 Å². The third-order valence-corrected chi connectivity index (χ3v) is 10.2. The van der Waals surface area contributed by atoms with E-state index in [2.05, 4.69) is 42.5 Å². The van der Waals surface area contributed by atoms with E-state index < -0.39 is 176 Å². The molecule has 0 unspecified atom stereocenters. The first-order valence-electron chi connectivity index (χ1n) is 23.4. The number of nitrogens with two attached hydrogens (primary N) is 4. The van der Waals surface area contributed by atoms with Crippen molar-refractivity contribution in [2.24, 2.45) is 22.9 Å². The van der Waals surface area contributed by atoms with Crippen LogP contribution in [0.3, 0.4) is 0 Å². The lowest BCUT2D eigenvalue weighted by molar-refractivity contribution is -0.193. The van der Waals surface area contributed by atoms with E-state index in [1.54, 1.807) is 6.26 Å². The Morgan fingerprint density at radius 1 is 0.452 bits per heavy atom. The SMILES string of the molecule is CSCC[C@H](NC(=O)[C@H](CCC(=O)O)NC(=O)[C@@H](N)CCC(=O)O)C(=O)N[C@@H](CCC(N)=O)C(=O)N[C@@H](CCCNC(=N)N)C(=O)N[C@@H](CCCNC(=N)N)C(=O)N[C@@H](C)C(=O)O.O=C(O)C(F)(F)F.O=C(O)C(F)(F)F.O=C(O)C(F)(F)F. The van der Waals surface area contributed by atoms with Crippen LogP contribution in [0.2, 0.25) is 0 Å². The smallest absolute Gasteiger partial charge is 0.481 e. The van der Waals surface area contributed by atoms with Gasteiger partial charge in [-0.1, -0.05) is 0 Å². The number of rotatable bonds is 33. The van der Waals surface area contributed by atoms with Crippen molar-refractivity contribution in [3.63, 3.8) is 0 Å². The highest BCUT2D eigenvalue weighted by Crippen LogP contribution is 2.15. The minimum absolute atomic E-state index is 0.0482. The topological polar surface area (TPSA) is 591 Å². The highest BCUT2D eigenvalue weighted by atomic mass is 32.2. The van der Waals surface area contributed by atoms with E-state index in [0.29, 0.717) is 0 Å². The molecule has 0 aliphatic heterocycles. The van der Waals surface area contributed by atoms with Crippen molar-refractivity contribution in [1.29, 1.82) is 10.8 Å². The van der Waals surface area contributed by atoms with Crippen LogP contribution in [-0.2, 0) is 62.3 Å². The molecule has 0 spiro atoms. The average Bonchev–Trinajstić information content (AvgIpc) is 3.36. The molecule has 0 saturated carbocycles. The second-order valence-electron chi connectivity index (χ2n) is 16.5. The fourth-order valence-electron chi connectivity index (χ4n) is 5.35. The van der Waals surface area contributed by atoms with Crippen molar-refractivity contribution < 1.29 is 132 Å². The summed E-state index contributed by atoms with van der Waals surface area (Å²) in [6, 6.07) is -10.1. The number of halogens is 9. The molecular weight excluding hydrogens is 1200 g/mol. The van der Waals surface area contributed by atoms with Crippen molar-refractivity contribution in [2.75, 3.05) is 25.1 Å². The van der Waals surface area contributed by atoms with Gasteiger partial charge in [-0.2, -0.15) is 51.3 Å². The molecular formula is C41H65F9N14O19S. The highest BCUT2D eigenvalue weighted by Gasteiger charge is 2.40. The van der Waals surface area contributed by atoms with Crippen LogP contribution >= 0.6 is 11.8 Å². The number of amides is 7. The van der Waals surface area contributed by atoms with E-state index in [9.17, 15) is 97.7 Å². The van der Waals surface area contributed by atoms with Gasteiger partial charge in [-0.25, -0.2) is 14.4 Å². The molecule has 0 aliphatic carbocycles. The number of carbonyl (C=O) groups is 13. The van der Waals surface area contributed by atoms with Gasteiger partial charge in [0.15, 0.2) is 11.9 Å². The highest BCUT2D eigenvalue weighted by molar-refractivity contribution is 7.98. The van der Waals surface area contributed by atoms with Gasteiger partial charge >= 0.3 is 54.3 Å². The molecule has 24 N–H and O–H groups in total. The van der Waals surface area contributed by atoms with Gasteiger partial charge in [-0.3, -0.25) is 58.8 Å². The Bertz CT molecular complexity index is 2210. The maximum absolute atomic E-state index is 13.9.